The van der Waals surface area contributed by atoms with Gasteiger partial charge in [0.25, 0.3) is 0 Å². The van der Waals surface area contributed by atoms with Crippen molar-refractivity contribution in [1.29, 1.82) is 0 Å². The normalized spacial score (nSPS) is 20.4. The zero-order valence-corrected chi connectivity index (χ0v) is 25.3. The summed E-state index contributed by atoms with van der Waals surface area (Å²) in [5.74, 6) is -3.45. The van der Waals surface area contributed by atoms with Crippen LogP contribution in [0.2, 0.25) is 5.02 Å². The van der Waals surface area contributed by atoms with Crippen molar-refractivity contribution in [1.82, 2.24) is 20.3 Å². The molecule has 10 nitrogen and oxygen atoms in total. The summed E-state index contributed by atoms with van der Waals surface area (Å²) < 4.78 is 39.1. The molecule has 3 aromatic rings. The fourth-order valence-electron chi connectivity index (χ4n) is 4.95. The first-order valence-corrected chi connectivity index (χ1v) is 15.1. The average molecular weight is 652 g/mol. The van der Waals surface area contributed by atoms with Crippen LogP contribution in [0.5, 0.6) is 0 Å². The summed E-state index contributed by atoms with van der Waals surface area (Å²) >= 11 is 14.6. The first-order chi connectivity index (χ1) is 20.7. The highest BCUT2D eigenvalue weighted by Crippen LogP contribution is 2.42. The molecule has 0 spiro atoms. The number of carbonyl (C=O) groups is 2. The predicted molar refractivity (Wildman–Crippen MR) is 158 cm³/mol. The quantitative estimate of drug-likeness (QED) is 0.202. The molecule has 5 rings (SSSR count). The lowest BCUT2D eigenvalue weighted by Crippen LogP contribution is -2.47. The molecule has 1 N–H and O–H groups in total. The first-order valence-electron chi connectivity index (χ1n) is 13.4. The van der Waals surface area contributed by atoms with E-state index in [-0.39, 0.29) is 36.6 Å². The summed E-state index contributed by atoms with van der Waals surface area (Å²) in [4.78, 5) is 45.2. The molecule has 0 radical (unpaired) electrons. The van der Waals surface area contributed by atoms with Crippen LogP contribution in [0.25, 0.3) is 0 Å². The number of nitrogens with one attached hydrogen (secondary N) is 1. The van der Waals surface area contributed by atoms with Gasteiger partial charge in [-0.05, 0) is 32.4 Å². The molecular weight excluding hydrogens is 625 g/mol. The Hall–Kier alpha value is -3.68. The Kier molecular flexibility index (Phi) is 9.52. The zero-order valence-electron chi connectivity index (χ0n) is 23.0. The van der Waals surface area contributed by atoms with Crippen molar-refractivity contribution in [2.45, 2.75) is 31.7 Å². The summed E-state index contributed by atoms with van der Waals surface area (Å²) in [5.41, 5.74) is 0.714. The third kappa shape index (κ3) is 6.34. The van der Waals surface area contributed by atoms with Crippen LogP contribution in [0.4, 0.5) is 14.7 Å². The van der Waals surface area contributed by atoms with Crippen molar-refractivity contribution < 1.29 is 27.8 Å². The number of nitrogens with zero attached hydrogens (tertiary/aromatic N) is 5. The Morgan fingerprint density at radius 1 is 1.12 bits per heavy atom. The van der Waals surface area contributed by atoms with Crippen LogP contribution in [0.1, 0.15) is 47.4 Å². The number of esters is 2. The molecule has 0 aliphatic carbocycles. The lowest BCUT2D eigenvalue weighted by Gasteiger charge is -2.39. The van der Waals surface area contributed by atoms with Gasteiger partial charge in [-0.25, -0.2) is 33.3 Å². The maximum absolute atomic E-state index is 14.7. The summed E-state index contributed by atoms with van der Waals surface area (Å²) in [7, 11) is 0. The van der Waals surface area contributed by atoms with Crippen molar-refractivity contribution in [3.63, 3.8) is 0 Å². The Balaban J connectivity index is 1.54. The Bertz CT molecular complexity index is 1590. The molecule has 0 bridgehead atoms. The number of rotatable bonds is 8. The molecule has 0 saturated carbocycles. The monoisotopic (exact) mass is 650 g/mol. The molecule has 15 heteroatoms. The lowest BCUT2D eigenvalue weighted by molar-refractivity contribution is -0.139. The van der Waals surface area contributed by atoms with Gasteiger partial charge in [-0.3, -0.25) is 4.99 Å². The zero-order chi connectivity index (χ0) is 30.7. The van der Waals surface area contributed by atoms with Crippen LogP contribution in [-0.4, -0.2) is 64.4 Å². The summed E-state index contributed by atoms with van der Waals surface area (Å²) in [5, 5.41) is 4.44. The predicted octanol–water partition coefficient (Wildman–Crippen LogP) is 5.08. The molecule has 0 amide bonds. The van der Waals surface area contributed by atoms with Crippen molar-refractivity contribution in [3.8, 4) is 0 Å². The molecule has 1 fully saturated rings. The van der Waals surface area contributed by atoms with Gasteiger partial charge in [-0.1, -0.05) is 17.7 Å². The van der Waals surface area contributed by atoms with Gasteiger partial charge >= 0.3 is 11.9 Å². The molecule has 2 aliphatic rings. The van der Waals surface area contributed by atoms with Gasteiger partial charge in [0, 0.05) is 48.0 Å². The fraction of sp³-hybridized carbons (Fsp3) is 0.357. The number of ether oxygens (including phenoxy) is 2. The first kappa shape index (κ1) is 30.8. The van der Waals surface area contributed by atoms with Gasteiger partial charge in [-0.2, -0.15) is 0 Å². The largest absolute Gasteiger partial charge is 0.463 e. The molecule has 1 saturated heterocycles. The van der Waals surface area contributed by atoms with Gasteiger partial charge in [0.15, 0.2) is 28.2 Å². The standard InChI is InChI=1S/C28H26Cl2F2N6O4S/c1-3-41-26(39)18-7-9-34-28(35-18)38-11-8-14(16(29)13-38)22-19(27(40)42-4-2)23(15-5-6-17(31)21(32)20(15)30)37-24(36-22)25-33-10-12-43-25/h5-7,9-10,12,14,16,23H,3-4,8,11,13H2,1-2H3,(H,36,37). The maximum Gasteiger partial charge on any atom is 0.357 e. The molecule has 2 aliphatic heterocycles. The highest BCUT2D eigenvalue weighted by molar-refractivity contribution is 7.11. The number of allylic oxidation sites excluding steroid dienone is 1. The third-order valence-electron chi connectivity index (χ3n) is 6.89. The minimum Gasteiger partial charge on any atom is -0.463 e. The van der Waals surface area contributed by atoms with Gasteiger partial charge < -0.3 is 19.7 Å². The van der Waals surface area contributed by atoms with Crippen molar-refractivity contribution in [3.05, 3.63) is 80.2 Å². The Morgan fingerprint density at radius 3 is 2.58 bits per heavy atom. The average Bonchev–Trinajstić information content (AvgIpc) is 3.55. The van der Waals surface area contributed by atoms with Crippen LogP contribution < -0.4 is 10.2 Å². The van der Waals surface area contributed by atoms with Gasteiger partial charge in [0.05, 0.1) is 29.2 Å². The highest BCUT2D eigenvalue weighted by Gasteiger charge is 2.41. The second kappa shape index (κ2) is 13.3. The highest BCUT2D eigenvalue weighted by atomic mass is 35.5. The molecule has 3 atom stereocenters. The number of carbonyl (C=O) groups excluding carboxylic acids is 2. The minimum absolute atomic E-state index is 0.0633. The number of piperidine rings is 1. The number of aromatic nitrogens is 3. The number of amidine groups is 1. The van der Waals surface area contributed by atoms with E-state index in [1.807, 2.05) is 4.90 Å². The number of alkyl halides is 1. The molecular formula is C28H26Cl2F2N6O4S. The third-order valence-corrected chi connectivity index (χ3v) is 8.49. The van der Waals surface area contributed by atoms with Crippen LogP contribution in [-0.2, 0) is 14.3 Å². The SMILES string of the molecule is CCOC(=O)C1=C(C2CCN(c3nccc(C(=O)OCC)n3)CC2Cl)NC(c2nccs2)=NC1c1ccc(F)c(F)c1Cl. The summed E-state index contributed by atoms with van der Waals surface area (Å²) in [6.07, 6.45) is 3.50. The summed E-state index contributed by atoms with van der Waals surface area (Å²) in [6, 6.07) is 2.57. The number of benzene rings is 1. The second-order valence-electron chi connectivity index (χ2n) is 9.47. The van der Waals surface area contributed by atoms with Crippen molar-refractivity contribution >= 4 is 58.3 Å². The Morgan fingerprint density at radius 2 is 1.88 bits per heavy atom. The minimum atomic E-state index is -1.25. The number of aliphatic imine (C=N–C) groups is 1. The molecule has 4 heterocycles. The molecule has 3 unspecified atom stereocenters. The van der Waals surface area contributed by atoms with E-state index in [0.717, 1.165) is 6.07 Å². The van der Waals surface area contributed by atoms with E-state index < -0.39 is 45.9 Å². The van der Waals surface area contributed by atoms with Gasteiger partial charge in [-0.15, -0.1) is 22.9 Å². The number of halogens is 4. The van der Waals surface area contributed by atoms with Crippen molar-refractivity contribution in [2.24, 2.45) is 10.9 Å². The smallest absolute Gasteiger partial charge is 0.357 e. The molecule has 43 heavy (non-hydrogen) atoms. The number of thiazole rings is 1. The van der Waals surface area contributed by atoms with Crippen LogP contribution >= 0.6 is 34.5 Å². The van der Waals surface area contributed by atoms with E-state index in [4.69, 9.17) is 32.7 Å². The second-order valence-corrected chi connectivity index (χ2v) is 11.3. The topological polar surface area (TPSA) is 119 Å². The molecule has 1 aromatic carbocycles. The van der Waals surface area contributed by atoms with E-state index in [9.17, 15) is 18.4 Å². The number of hydrogen-bond donors (Lipinski definition) is 1. The van der Waals surface area contributed by atoms with Gasteiger partial charge in [0.2, 0.25) is 5.95 Å². The van der Waals surface area contributed by atoms with E-state index in [2.05, 4.69) is 25.3 Å². The van der Waals surface area contributed by atoms with Crippen LogP contribution in [0.3, 0.4) is 0 Å². The number of hydrogen-bond acceptors (Lipinski definition) is 11. The van der Waals surface area contributed by atoms with Crippen LogP contribution in [0, 0.1) is 17.6 Å². The fourth-order valence-corrected chi connectivity index (χ4v) is 6.21. The summed E-state index contributed by atoms with van der Waals surface area (Å²) in [6.45, 7) is 4.32. The van der Waals surface area contributed by atoms with E-state index in [0.29, 0.717) is 35.5 Å². The maximum atomic E-state index is 14.7. The molecule has 2 aromatic heterocycles. The van der Waals surface area contributed by atoms with E-state index >= 15 is 0 Å². The van der Waals surface area contributed by atoms with E-state index in [1.54, 1.807) is 25.4 Å². The van der Waals surface area contributed by atoms with Crippen molar-refractivity contribution in [2.75, 3.05) is 31.2 Å². The lowest BCUT2D eigenvalue weighted by atomic mass is 9.85. The van der Waals surface area contributed by atoms with Gasteiger partial charge in [0.1, 0.15) is 6.04 Å². The Labute approximate surface area is 259 Å². The van der Waals surface area contributed by atoms with Crippen LogP contribution in [0.15, 0.2) is 52.2 Å². The van der Waals surface area contributed by atoms with E-state index in [1.165, 1.54) is 29.7 Å². The number of anilines is 1. The molecule has 226 valence electrons.